The second-order valence-electron chi connectivity index (χ2n) is 9.49. The Kier molecular flexibility index (Phi) is 35.4. The summed E-state index contributed by atoms with van der Waals surface area (Å²) in [6, 6.07) is 0.317. The van der Waals surface area contributed by atoms with E-state index in [1.165, 1.54) is 110 Å². The monoisotopic (exact) mass is 536 g/mol. The number of ether oxygens (including phenoxy) is 3. The van der Waals surface area contributed by atoms with Gasteiger partial charge in [-0.2, -0.15) is 0 Å². The van der Waals surface area contributed by atoms with Gasteiger partial charge in [-0.3, -0.25) is 9.59 Å². The Hall–Kier alpha value is -0.850. The van der Waals surface area contributed by atoms with Crippen molar-refractivity contribution < 1.29 is 28.9 Å². The zero-order chi connectivity index (χ0) is 27.0. The van der Waals surface area contributed by atoms with Gasteiger partial charge in [-0.05, 0) is 25.7 Å². The first-order chi connectivity index (χ1) is 17.5. The van der Waals surface area contributed by atoms with Crippen LogP contribution in [0.25, 0.3) is 0 Å². The minimum atomic E-state index is -0.173. The molecule has 1 N–H and O–H groups in total. The summed E-state index contributed by atoms with van der Waals surface area (Å²) in [6.07, 6.45) is 24.4. The lowest BCUT2D eigenvalue weighted by atomic mass is 10.1. The molecule has 0 bridgehead atoms. The van der Waals surface area contributed by atoms with Gasteiger partial charge in [-0.15, -0.1) is 0 Å². The Labute approximate surface area is 227 Å². The number of alkyl halides is 1. The molecule has 0 rings (SSSR count). The number of hydrogen-bond donors (Lipinski definition) is 1. The standard InChI is InChI=1S/C15H29ClO3.C14H28O3/c1-15(17)19-13-11-9-7-5-3-2-4-6-8-10-12-18-14-16;1-14(16)17-13-11-9-7-5-3-2-4-6-8-10-12-15/h2-14H2,1H3;15H,2-13H2,1H3. The van der Waals surface area contributed by atoms with Gasteiger partial charge in [0.2, 0.25) is 0 Å². The Bertz CT molecular complexity index is 447. The summed E-state index contributed by atoms with van der Waals surface area (Å²) in [5.41, 5.74) is 0. The number of unbranched alkanes of at least 4 members (excludes halogenated alkanes) is 18. The Morgan fingerprint density at radius 1 is 0.500 bits per heavy atom. The fraction of sp³-hybridized carbons (Fsp3) is 0.931. The smallest absolute Gasteiger partial charge is 0.302 e. The summed E-state index contributed by atoms with van der Waals surface area (Å²) in [5.74, 6) is -0.343. The molecule has 0 amide bonds. The normalized spacial score (nSPS) is 10.6. The second-order valence-corrected chi connectivity index (χ2v) is 9.71. The van der Waals surface area contributed by atoms with Crippen molar-refractivity contribution in [2.24, 2.45) is 0 Å². The number of rotatable bonds is 26. The van der Waals surface area contributed by atoms with Crippen LogP contribution in [0.1, 0.15) is 142 Å². The first-order valence-corrected chi connectivity index (χ1v) is 15.1. The molecule has 6 nitrogen and oxygen atoms in total. The van der Waals surface area contributed by atoms with E-state index >= 15 is 0 Å². The van der Waals surface area contributed by atoms with Crippen LogP contribution in [0.2, 0.25) is 0 Å². The van der Waals surface area contributed by atoms with Gasteiger partial charge in [0.25, 0.3) is 0 Å². The molecule has 0 saturated heterocycles. The highest BCUT2D eigenvalue weighted by atomic mass is 35.5. The van der Waals surface area contributed by atoms with Crippen molar-refractivity contribution in [3.8, 4) is 0 Å². The average molecular weight is 537 g/mol. The summed E-state index contributed by atoms with van der Waals surface area (Å²) in [7, 11) is 0. The molecule has 0 fully saturated rings. The Morgan fingerprint density at radius 3 is 1.06 bits per heavy atom. The van der Waals surface area contributed by atoms with Gasteiger partial charge in [0, 0.05) is 27.1 Å². The fourth-order valence-electron chi connectivity index (χ4n) is 3.83. The maximum atomic E-state index is 10.5. The van der Waals surface area contributed by atoms with Gasteiger partial charge in [-0.25, -0.2) is 0 Å². The average Bonchev–Trinajstić information content (AvgIpc) is 2.85. The number of carbonyl (C=O) groups is 2. The van der Waals surface area contributed by atoms with Crippen LogP contribution in [0.15, 0.2) is 0 Å². The van der Waals surface area contributed by atoms with E-state index < -0.39 is 0 Å². The number of halogens is 1. The highest BCUT2D eigenvalue weighted by Gasteiger charge is 1.96. The van der Waals surface area contributed by atoms with Crippen LogP contribution in [0.3, 0.4) is 0 Å². The Morgan fingerprint density at radius 2 is 0.778 bits per heavy atom. The van der Waals surface area contributed by atoms with Crippen molar-refractivity contribution >= 4 is 23.5 Å². The summed E-state index contributed by atoms with van der Waals surface area (Å²) in [4.78, 5) is 21.0. The molecule has 0 spiro atoms. The molecule has 0 heterocycles. The predicted octanol–water partition coefficient (Wildman–Crippen LogP) is 8.11. The van der Waals surface area contributed by atoms with Gasteiger partial charge in [-0.1, -0.05) is 114 Å². The summed E-state index contributed by atoms with van der Waals surface area (Å²) < 4.78 is 14.8. The minimum absolute atomic E-state index is 0.170. The molecule has 7 heteroatoms. The second kappa shape index (κ2) is 34.1. The molecule has 0 aromatic carbocycles. The molecule has 0 aliphatic rings. The van der Waals surface area contributed by atoms with Crippen molar-refractivity contribution in [3.05, 3.63) is 0 Å². The van der Waals surface area contributed by atoms with Crippen LogP contribution in [0, 0.1) is 0 Å². The van der Waals surface area contributed by atoms with Gasteiger partial charge >= 0.3 is 11.9 Å². The first-order valence-electron chi connectivity index (χ1n) is 14.6. The van der Waals surface area contributed by atoms with Crippen molar-refractivity contribution in [1.29, 1.82) is 0 Å². The molecule has 0 aromatic rings. The fourth-order valence-corrected chi connectivity index (χ4v) is 3.94. The van der Waals surface area contributed by atoms with Crippen LogP contribution >= 0.6 is 11.6 Å². The van der Waals surface area contributed by atoms with Crippen LogP contribution in [0.5, 0.6) is 0 Å². The zero-order valence-corrected chi connectivity index (χ0v) is 24.3. The minimum Gasteiger partial charge on any atom is -0.466 e. The largest absolute Gasteiger partial charge is 0.466 e. The van der Waals surface area contributed by atoms with Gasteiger partial charge in [0.15, 0.2) is 0 Å². The van der Waals surface area contributed by atoms with Crippen LogP contribution in [-0.4, -0.2) is 49.5 Å². The number of aliphatic hydroxyl groups excluding tert-OH is 1. The SMILES string of the molecule is CC(=O)OCCCCCCCCCCCCO.CC(=O)OCCCCCCCCCCCCOCCl. The van der Waals surface area contributed by atoms with E-state index in [1.807, 2.05) is 0 Å². The van der Waals surface area contributed by atoms with Crippen molar-refractivity contribution in [3.63, 3.8) is 0 Å². The highest BCUT2D eigenvalue weighted by Crippen LogP contribution is 2.11. The van der Waals surface area contributed by atoms with E-state index in [-0.39, 0.29) is 11.9 Å². The molecule has 0 unspecified atom stereocenters. The number of hydrogen-bond acceptors (Lipinski definition) is 6. The quantitative estimate of drug-likeness (QED) is 0.0682. The maximum absolute atomic E-state index is 10.5. The number of carbonyl (C=O) groups excluding carboxylic acids is 2. The lowest BCUT2D eigenvalue weighted by molar-refractivity contribution is -0.142. The third-order valence-corrected chi connectivity index (χ3v) is 6.08. The van der Waals surface area contributed by atoms with Gasteiger partial charge < -0.3 is 19.3 Å². The van der Waals surface area contributed by atoms with Crippen molar-refractivity contribution in [1.82, 2.24) is 0 Å². The molecule has 0 radical (unpaired) electrons. The molecule has 0 aliphatic carbocycles. The molecular formula is C29H57ClO6. The van der Waals surface area contributed by atoms with Crippen molar-refractivity contribution in [2.45, 2.75) is 142 Å². The highest BCUT2D eigenvalue weighted by molar-refractivity contribution is 6.17. The number of aliphatic hydroxyl groups is 1. The van der Waals surface area contributed by atoms with E-state index in [9.17, 15) is 9.59 Å². The van der Waals surface area contributed by atoms with Crippen LogP contribution in [0.4, 0.5) is 0 Å². The molecular weight excluding hydrogens is 480 g/mol. The van der Waals surface area contributed by atoms with Gasteiger partial charge in [0.1, 0.15) is 6.07 Å². The molecule has 0 saturated carbocycles. The van der Waals surface area contributed by atoms with E-state index in [2.05, 4.69) is 0 Å². The van der Waals surface area contributed by atoms with E-state index in [0.29, 0.717) is 25.9 Å². The summed E-state index contributed by atoms with van der Waals surface area (Å²) in [6.45, 7) is 5.21. The van der Waals surface area contributed by atoms with Crippen LogP contribution < -0.4 is 0 Å². The lowest BCUT2D eigenvalue weighted by Crippen LogP contribution is -2.00. The summed E-state index contributed by atoms with van der Waals surface area (Å²) >= 11 is 5.41. The lowest BCUT2D eigenvalue weighted by Gasteiger charge is -2.03. The molecule has 216 valence electrons. The Balaban J connectivity index is 0. The molecule has 0 aliphatic heterocycles. The number of esters is 2. The predicted molar refractivity (Wildman–Crippen MR) is 149 cm³/mol. The maximum Gasteiger partial charge on any atom is 0.302 e. The van der Waals surface area contributed by atoms with Crippen LogP contribution in [-0.2, 0) is 23.8 Å². The molecule has 0 atom stereocenters. The molecule has 36 heavy (non-hydrogen) atoms. The molecule has 0 aromatic heterocycles. The van der Waals surface area contributed by atoms with E-state index in [0.717, 1.165) is 38.7 Å². The van der Waals surface area contributed by atoms with Crippen molar-refractivity contribution in [2.75, 3.05) is 32.5 Å². The third-order valence-electron chi connectivity index (χ3n) is 5.92. The van der Waals surface area contributed by atoms with Gasteiger partial charge in [0.05, 0.1) is 13.2 Å². The van der Waals surface area contributed by atoms with E-state index in [1.54, 1.807) is 0 Å². The topological polar surface area (TPSA) is 82.1 Å². The van der Waals surface area contributed by atoms with E-state index in [4.69, 9.17) is 30.9 Å². The first kappa shape index (κ1) is 37.3. The summed E-state index contributed by atoms with van der Waals surface area (Å²) in [5, 5.41) is 8.61. The zero-order valence-electron chi connectivity index (χ0n) is 23.5. The third kappa shape index (κ3) is 40.3.